The molecule has 0 atom stereocenters. The van der Waals surface area contributed by atoms with Gasteiger partial charge in [-0.3, -0.25) is 0 Å². The normalized spacial score (nSPS) is 16.1. The Kier molecular flexibility index (Phi) is 3.56. The zero-order chi connectivity index (χ0) is 12.3. The van der Waals surface area contributed by atoms with E-state index in [0.29, 0.717) is 17.6 Å². The molecule has 5 heteroatoms. The Morgan fingerprint density at radius 2 is 2.24 bits per heavy atom. The van der Waals surface area contributed by atoms with Crippen LogP contribution in [0.1, 0.15) is 41.9 Å². The quantitative estimate of drug-likeness (QED) is 0.835. The molecule has 17 heavy (non-hydrogen) atoms. The van der Waals surface area contributed by atoms with Crippen molar-refractivity contribution in [3.8, 4) is 0 Å². The molecule has 0 aliphatic heterocycles. The number of rotatable bonds is 4. The summed E-state index contributed by atoms with van der Waals surface area (Å²) in [7, 11) is 0. The molecule has 0 bridgehead atoms. The zero-order valence-corrected chi connectivity index (χ0v) is 9.94. The number of hydrogen-bond donors (Lipinski definition) is 2. The molecular formula is C12H17N3O2. The van der Waals surface area contributed by atoms with Crippen LogP contribution in [0.15, 0.2) is 6.20 Å². The molecule has 2 N–H and O–H groups in total. The van der Waals surface area contributed by atoms with E-state index in [2.05, 4.69) is 15.3 Å². The molecule has 0 spiro atoms. The van der Waals surface area contributed by atoms with Crippen molar-refractivity contribution in [2.75, 3.05) is 11.9 Å². The van der Waals surface area contributed by atoms with Crippen LogP contribution in [0.5, 0.6) is 0 Å². The molecule has 1 heterocycles. The van der Waals surface area contributed by atoms with Gasteiger partial charge in [-0.15, -0.1) is 0 Å². The summed E-state index contributed by atoms with van der Waals surface area (Å²) in [5, 5.41) is 12.2. The SMILES string of the molecule is Cc1ncc(C(=O)O)c(NCC2CCCC2)n1. The Hall–Kier alpha value is -1.65. The molecule has 92 valence electrons. The maximum Gasteiger partial charge on any atom is 0.341 e. The Bertz CT molecular complexity index is 414. The maximum absolute atomic E-state index is 11.0. The van der Waals surface area contributed by atoms with Gasteiger partial charge in [0.25, 0.3) is 0 Å². The van der Waals surface area contributed by atoms with Crippen molar-refractivity contribution in [1.29, 1.82) is 0 Å². The average Bonchev–Trinajstić information content (AvgIpc) is 2.78. The number of aromatic carboxylic acids is 1. The summed E-state index contributed by atoms with van der Waals surface area (Å²) in [4.78, 5) is 19.1. The highest BCUT2D eigenvalue weighted by atomic mass is 16.4. The van der Waals surface area contributed by atoms with Crippen molar-refractivity contribution >= 4 is 11.8 Å². The molecule has 0 amide bonds. The van der Waals surface area contributed by atoms with Crippen LogP contribution in [0.25, 0.3) is 0 Å². The highest BCUT2D eigenvalue weighted by Gasteiger charge is 2.17. The van der Waals surface area contributed by atoms with Crippen molar-refractivity contribution in [2.24, 2.45) is 5.92 Å². The maximum atomic E-state index is 11.0. The number of nitrogens with one attached hydrogen (secondary N) is 1. The van der Waals surface area contributed by atoms with E-state index < -0.39 is 5.97 Å². The van der Waals surface area contributed by atoms with Gasteiger partial charge in [0, 0.05) is 12.7 Å². The summed E-state index contributed by atoms with van der Waals surface area (Å²) in [5.74, 6) is 0.687. The molecule has 1 aromatic heterocycles. The Morgan fingerprint density at radius 1 is 1.53 bits per heavy atom. The first-order valence-electron chi connectivity index (χ1n) is 5.97. The number of carboxylic acid groups (broad SMARTS) is 1. The largest absolute Gasteiger partial charge is 0.477 e. The minimum Gasteiger partial charge on any atom is -0.477 e. The molecule has 1 aliphatic carbocycles. The molecule has 1 aromatic rings. The lowest BCUT2D eigenvalue weighted by molar-refractivity contribution is 0.0697. The van der Waals surface area contributed by atoms with E-state index in [9.17, 15) is 4.79 Å². The summed E-state index contributed by atoms with van der Waals surface area (Å²) in [6.07, 6.45) is 6.36. The fourth-order valence-corrected chi connectivity index (χ4v) is 2.22. The third kappa shape index (κ3) is 2.93. The van der Waals surface area contributed by atoms with Gasteiger partial charge in [-0.25, -0.2) is 14.8 Å². The van der Waals surface area contributed by atoms with E-state index in [-0.39, 0.29) is 5.56 Å². The van der Waals surface area contributed by atoms with Crippen molar-refractivity contribution < 1.29 is 9.90 Å². The van der Waals surface area contributed by atoms with Gasteiger partial charge < -0.3 is 10.4 Å². The third-order valence-corrected chi connectivity index (χ3v) is 3.17. The van der Waals surface area contributed by atoms with E-state index in [1.165, 1.54) is 31.9 Å². The molecule has 0 unspecified atom stereocenters. The van der Waals surface area contributed by atoms with Crippen LogP contribution < -0.4 is 5.32 Å². The van der Waals surface area contributed by atoms with Crippen molar-refractivity contribution in [1.82, 2.24) is 9.97 Å². The molecular weight excluding hydrogens is 218 g/mol. The molecule has 0 radical (unpaired) electrons. The van der Waals surface area contributed by atoms with Crippen LogP contribution in [-0.4, -0.2) is 27.6 Å². The van der Waals surface area contributed by atoms with Crippen LogP contribution in [0.4, 0.5) is 5.82 Å². The van der Waals surface area contributed by atoms with Crippen LogP contribution in [-0.2, 0) is 0 Å². The second-order valence-corrected chi connectivity index (χ2v) is 4.52. The minimum absolute atomic E-state index is 0.147. The first-order chi connectivity index (χ1) is 8.16. The fourth-order valence-electron chi connectivity index (χ4n) is 2.22. The predicted molar refractivity (Wildman–Crippen MR) is 64.2 cm³/mol. The van der Waals surface area contributed by atoms with E-state index in [0.717, 1.165) is 6.54 Å². The lowest BCUT2D eigenvalue weighted by Gasteiger charge is -2.12. The van der Waals surface area contributed by atoms with Gasteiger partial charge in [0.2, 0.25) is 0 Å². The van der Waals surface area contributed by atoms with Crippen molar-refractivity contribution in [3.05, 3.63) is 17.6 Å². The van der Waals surface area contributed by atoms with Gasteiger partial charge >= 0.3 is 5.97 Å². The fraction of sp³-hybridized carbons (Fsp3) is 0.583. The first-order valence-corrected chi connectivity index (χ1v) is 5.97. The van der Waals surface area contributed by atoms with Gasteiger partial charge in [-0.1, -0.05) is 12.8 Å². The zero-order valence-electron chi connectivity index (χ0n) is 9.94. The number of hydrogen-bond acceptors (Lipinski definition) is 4. The summed E-state index contributed by atoms with van der Waals surface area (Å²) >= 11 is 0. The summed E-state index contributed by atoms with van der Waals surface area (Å²) in [6, 6.07) is 0. The topological polar surface area (TPSA) is 75.1 Å². The molecule has 0 aromatic carbocycles. The highest BCUT2D eigenvalue weighted by Crippen LogP contribution is 2.25. The van der Waals surface area contributed by atoms with Crippen molar-refractivity contribution in [2.45, 2.75) is 32.6 Å². The molecule has 0 saturated heterocycles. The molecule has 1 aliphatic rings. The second-order valence-electron chi connectivity index (χ2n) is 4.52. The average molecular weight is 235 g/mol. The predicted octanol–water partition coefficient (Wildman–Crippen LogP) is 2.09. The van der Waals surface area contributed by atoms with Crippen LogP contribution in [0, 0.1) is 12.8 Å². The summed E-state index contributed by atoms with van der Waals surface area (Å²) in [5.41, 5.74) is 0.147. The van der Waals surface area contributed by atoms with Gasteiger partial charge in [-0.2, -0.15) is 0 Å². The lowest BCUT2D eigenvalue weighted by Crippen LogP contribution is -2.15. The van der Waals surface area contributed by atoms with Gasteiger partial charge in [-0.05, 0) is 25.7 Å². The Labute approximate surface area is 100 Å². The smallest absolute Gasteiger partial charge is 0.341 e. The number of anilines is 1. The number of carboxylic acids is 1. The van der Waals surface area contributed by atoms with Crippen LogP contribution >= 0.6 is 0 Å². The monoisotopic (exact) mass is 235 g/mol. The van der Waals surface area contributed by atoms with E-state index >= 15 is 0 Å². The first kappa shape index (κ1) is 11.8. The van der Waals surface area contributed by atoms with Crippen LogP contribution in [0.2, 0.25) is 0 Å². The van der Waals surface area contributed by atoms with E-state index in [1.807, 2.05) is 0 Å². The summed E-state index contributed by atoms with van der Waals surface area (Å²) < 4.78 is 0. The number of nitrogens with zero attached hydrogens (tertiary/aromatic N) is 2. The van der Waals surface area contributed by atoms with Gasteiger partial charge in [0.05, 0.1) is 0 Å². The minimum atomic E-state index is -0.987. The summed E-state index contributed by atoms with van der Waals surface area (Å²) in [6.45, 7) is 2.56. The van der Waals surface area contributed by atoms with E-state index in [1.54, 1.807) is 6.92 Å². The highest BCUT2D eigenvalue weighted by molar-refractivity contribution is 5.92. The molecule has 1 fully saturated rings. The lowest BCUT2D eigenvalue weighted by atomic mass is 10.1. The number of carbonyl (C=O) groups is 1. The van der Waals surface area contributed by atoms with Crippen molar-refractivity contribution in [3.63, 3.8) is 0 Å². The standard InChI is InChI=1S/C12H17N3O2/c1-8-13-7-10(12(16)17)11(15-8)14-6-9-4-2-3-5-9/h7,9H,2-6H2,1H3,(H,16,17)(H,13,14,15). The molecule has 2 rings (SSSR count). The number of aromatic nitrogens is 2. The van der Waals surface area contributed by atoms with Crippen LogP contribution in [0.3, 0.4) is 0 Å². The molecule has 1 saturated carbocycles. The van der Waals surface area contributed by atoms with Gasteiger partial charge in [0.15, 0.2) is 0 Å². The second kappa shape index (κ2) is 5.12. The third-order valence-electron chi connectivity index (χ3n) is 3.17. The van der Waals surface area contributed by atoms with Gasteiger partial charge in [0.1, 0.15) is 17.2 Å². The Balaban J connectivity index is 2.07. The Morgan fingerprint density at radius 3 is 2.88 bits per heavy atom. The van der Waals surface area contributed by atoms with E-state index in [4.69, 9.17) is 5.11 Å². The molecule has 5 nitrogen and oxygen atoms in total. The number of aryl methyl sites for hydroxylation is 1.